The van der Waals surface area contributed by atoms with E-state index in [1.165, 1.54) is 12.8 Å². The minimum absolute atomic E-state index is 0. The Balaban J connectivity index is 0.00000160. The predicted molar refractivity (Wildman–Crippen MR) is 94.1 cm³/mol. The minimum Gasteiger partial charge on any atom is -1.00 e. The van der Waals surface area contributed by atoms with E-state index in [0.29, 0.717) is 18.6 Å². The van der Waals surface area contributed by atoms with E-state index in [0.717, 1.165) is 47.5 Å². The lowest BCUT2D eigenvalue weighted by Crippen LogP contribution is -3.00. The molecule has 6 heteroatoms. The van der Waals surface area contributed by atoms with Gasteiger partial charge in [0.15, 0.2) is 23.4 Å². The number of carbonyl (C=O) groups excluding carboxylic acids is 1. The van der Waals surface area contributed by atoms with Crippen LogP contribution in [0.3, 0.4) is 0 Å². The number of rotatable bonds is 2. The molecule has 3 fully saturated rings. The van der Waals surface area contributed by atoms with Gasteiger partial charge >= 0.3 is 0 Å². The molecule has 1 spiro atoms. The standard InChI is InChI=1S/C21H25NO4.ClH/c1-22(11-12-2-3-12)9-8-20-17-13-4-5-14(23)18(17)26-19(20)15(24)6-7-21(20,25)16(22)10-13;/h4-5,12,16,19,25H,2-3,6-11H2,1H3;1H/t16?,19-,20?,21-,22?;/m0./s1. The maximum atomic E-state index is 12.8. The van der Waals surface area contributed by atoms with Crippen LogP contribution in [0.4, 0.5) is 0 Å². The number of Topliss-reactive ketones (excluding diaryl/α,β-unsaturated/α-hetero) is 1. The van der Waals surface area contributed by atoms with Crippen LogP contribution >= 0.6 is 0 Å². The summed E-state index contributed by atoms with van der Waals surface area (Å²) < 4.78 is 6.98. The van der Waals surface area contributed by atoms with Crippen molar-refractivity contribution in [2.45, 2.75) is 61.7 Å². The second-order valence-electron chi connectivity index (χ2n) is 9.61. The molecule has 1 saturated heterocycles. The van der Waals surface area contributed by atoms with E-state index in [-0.39, 0.29) is 30.0 Å². The van der Waals surface area contributed by atoms with Crippen molar-refractivity contribution < 1.29 is 36.6 Å². The molecule has 1 aromatic rings. The molecule has 2 saturated carbocycles. The van der Waals surface area contributed by atoms with Gasteiger partial charge in [0.05, 0.1) is 25.6 Å². The number of aromatic hydroxyl groups is 1. The summed E-state index contributed by atoms with van der Waals surface area (Å²) in [5.74, 6) is 1.42. The number of phenolic OH excluding ortho intramolecular Hbond substituents is 1. The second-order valence-corrected chi connectivity index (χ2v) is 9.61. The van der Waals surface area contributed by atoms with Crippen LogP contribution in [-0.2, 0) is 16.6 Å². The van der Waals surface area contributed by atoms with Gasteiger partial charge in [-0.25, -0.2) is 0 Å². The number of piperidine rings is 1. The topological polar surface area (TPSA) is 66.8 Å². The monoisotopic (exact) mass is 391 g/mol. The molecule has 1 aromatic carbocycles. The van der Waals surface area contributed by atoms with Gasteiger partial charge in [0.25, 0.3) is 0 Å². The number of halogens is 1. The van der Waals surface area contributed by atoms with Crippen molar-refractivity contribution in [1.29, 1.82) is 0 Å². The van der Waals surface area contributed by atoms with E-state index in [4.69, 9.17) is 4.74 Å². The first-order valence-corrected chi connectivity index (χ1v) is 10.0. The number of likely N-dealkylation sites (N-methyl/N-ethyl adjacent to an activating group) is 1. The zero-order chi connectivity index (χ0) is 17.9. The number of quaternary nitrogens is 1. The third-order valence-electron chi connectivity index (χ3n) is 8.28. The van der Waals surface area contributed by atoms with Crippen molar-refractivity contribution in [3.8, 4) is 11.5 Å². The summed E-state index contributed by atoms with van der Waals surface area (Å²) in [6.45, 7) is 2.09. The fraction of sp³-hybridized carbons (Fsp3) is 0.667. The Bertz CT molecular complexity index is 855. The molecule has 6 rings (SSSR count). The van der Waals surface area contributed by atoms with Crippen LogP contribution in [0.25, 0.3) is 0 Å². The van der Waals surface area contributed by atoms with E-state index in [1.807, 2.05) is 6.07 Å². The molecule has 27 heavy (non-hydrogen) atoms. The highest BCUT2D eigenvalue weighted by Crippen LogP contribution is 2.65. The largest absolute Gasteiger partial charge is 1.00 e. The first-order chi connectivity index (χ1) is 12.4. The summed E-state index contributed by atoms with van der Waals surface area (Å²) >= 11 is 0. The number of benzene rings is 1. The SMILES string of the molecule is C[N+]1(CC2CC2)CCC23c4c5ccc(O)c4O[C@H]2C(=O)CC[C@]3(O)C1C5.[Cl-]. The number of phenols is 1. The number of hydrogen-bond donors (Lipinski definition) is 2. The molecule has 146 valence electrons. The van der Waals surface area contributed by atoms with Crippen LogP contribution in [-0.4, -0.2) is 58.4 Å². The number of ether oxygens (including phenoxy) is 1. The maximum absolute atomic E-state index is 12.8. The summed E-state index contributed by atoms with van der Waals surface area (Å²) in [4.78, 5) is 12.8. The number of hydrogen-bond acceptors (Lipinski definition) is 4. The summed E-state index contributed by atoms with van der Waals surface area (Å²) in [6.07, 6.45) is 4.42. The van der Waals surface area contributed by atoms with E-state index in [9.17, 15) is 15.0 Å². The summed E-state index contributed by atoms with van der Waals surface area (Å²) in [5.41, 5.74) is 0.492. The molecule has 5 nitrogen and oxygen atoms in total. The highest BCUT2D eigenvalue weighted by atomic mass is 35.5. The third-order valence-corrected chi connectivity index (χ3v) is 8.28. The van der Waals surface area contributed by atoms with Crippen molar-refractivity contribution in [2.75, 3.05) is 20.1 Å². The predicted octanol–water partition coefficient (Wildman–Crippen LogP) is -1.33. The summed E-state index contributed by atoms with van der Waals surface area (Å²) in [5, 5.41) is 22.5. The molecule has 5 aliphatic rings. The Morgan fingerprint density at radius 3 is 2.81 bits per heavy atom. The molecule has 0 amide bonds. The molecular formula is C21H26ClNO4. The minimum atomic E-state index is -0.931. The average Bonchev–Trinajstić information content (AvgIpc) is 3.32. The Morgan fingerprint density at radius 1 is 1.30 bits per heavy atom. The molecule has 0 aromatic heterocycles. The van der Waals surface area contributed by atoms with Crippen molar-refractivity contribution in [3.63, 3.8) is 0 Å². The first kappa shape index (κ1) is 17.8. The average molecular weight is 392 g/mol. The van der Waals surface area contributed by atoms with Gasteiger partial charge in [-0.1, -0.05) is 6.07 Å². The van der Waals surface area contributed by atoms with Crippen molar-refractivity contribution in [1.82, 2.24) is 0 Å². The van der Waals surface area contributed by atoms with Gasteiger partial charge in [-0.2, -0.15) is 0 Å². The van der Waals surface area contributed by atoms with Gasteiger partial charge in [0.1, 0.15) is 11.6 Å². The molecule has 0 radical (unpaired) electrons. The summed E-state index contributed by atoms with van der Waals surface area (Å²) in [7, 11) is 2.31. The molecular weight excluding hydrogens is 366 g/mol. The van der Waals surface area contributed by atoms with Gasteiger partial charge in [-0.05, 0) is 30.9 Å². The van der Waals surface area contributed by atoms with Gasteiger partial charge < -0.3 is 31.8 Å². The van der Waals surface area contributed by atoms with Crippen LogP contribution in [0.15, 0.2) is 12.1 Å². The fourth-order valence-electron chi connectivity index (χ4n) is 6.94. The quantitative estimate of drug-likeness (QED) is 0.613. The third kappa shape index (κ3) is 1.91. The van der Waals surface area contributed by atoms with Gasteiger partial charge in [-0.3, -0.25) is 4.79 Å². The highest BCUT2D eigenvalue weighted by molar-refractivity contribution is 5.90. The molecule has 2 aliphatic heterocycles. The number of nitrogens with zero attached hydrogens (tertiary/aromatic N) is 1. The lowest BCUT2D eigenvalue weighted by molar-refractivity contribution is -0.950. The lowest BCUT2D eigenvalue weighted by atomic mass is 9.48. The van der Waals surface area contributed by atoms with Crippen LogP contribution in [0, 0.1) is 5.92 Å². The van der Waals surface area contributed by atoms with Gasteiger partial charge in [0.2, 0.25) is 0 Å². The second kappa shape index (κ2) is 5.19. The molecule has 3 unspecified atom stereocenters. The van der Waals surface area contributed by atoms with Crippen LogP contribution in [0.1, 0.15) is 43.2 Å². The number of ketones is 1. The molecule has 3 aliphatic carbocycles. The summed E-state index contributed by atoms with van der Waals surface area (Å²) in [6, 6.07) is 3.77. The number of aliphatic hydroxyl groups is 1. The Hall–Kier alpha value is -1.30. The van der Waals surface area contributed by atoms with Crippen molar-refractivity contribution >= 4 is 5.78 Å². The highest BCUT2D eigenvalue weighted by Gasteiger charge is 2.76. The maximum Gasteiger partial charge on any atom is 0.174 e. The number of likely N-dealkylation sites (tertiary alicyclic amines) is 1. The molecule has 5 atom stereocenters. The molecule has 2 N–H and O–H groups in total. The van der Waals surface area contributed by atoms with Crippen molar-refractivity contribution in [2.24, 2.45) is 5.92 Å². The molecule has 2 heterocycles. The zero-order valence-corrected chi connectivity index (χ0v) is 16.3. The van der Waals surface area contributed by atoms with Crippen LogP contribution in [0.2, 0.25) is 0 Å². The van der Waals surface area contributed by atoms with Crippen LogP contribution in [0.5, 0.6) is 11.5 Å². The zero-order valence-electron chi connectivity index (χ0n) is 15.6. The van der Waals surface area contributed by atoms with E-state index >= 15 is 0 Å². The first-order valence-electron chi connectivity index (χ1n) is 10.0. The van der Waals surface area contributed by atoms with Crippen LogP contribution < -0.4 is 17.1 Å². The Kier molecular flexibility index (Phi) is 3.42. The van der Waals surface area contributed by atoms with E-state index in [2.05, 4.69) is 7.05 Å². The Labute approximate surface area is 165 Å². The van der Waals surface area contributed by atoms with Gasteiger partial charge in [-0.15, -0.1) is 0 Å². The molecule has 2 bridgehead atoms. The fourth-order valence-corrected chi connectivity index (χ4v) is 6.94. The smallest absolute Gasteiger partial charge is 0.174 e. The van der Waals surface area contributed by atoms with E-state index < -0.39 is 17.1 Å². The van der Waals surface area contributed by atoms with Crippen molar-refractivity contribution in [3.05, 3.63) is 23.3 Å². The van der Waals surface area contributed by atoms with Gasteiger partial charge in [0, 0.05) is 30.7 Å². The number of carbonyl (C=O) groups is 1. The Morgan fingerprint density at radius 2 is 2.07 bits per heavy atom. The van der Waals surface area contributed by atoms with E-state index in [1.54, 1.807) is 6.07 Å². The lowest BCUT2D eigenvalue weighted by Gasteiger charge is -2.64. The normalized spacial score (nSPS) is 43.6.